The molecule has 1 aromatic rings. The van der Waals surface area contributed by atoms with E-state index in [0.29, 0.717) is 6.54 Å². The fourth-order valence-electron chi connectivity index (χ4n) is 2.47. The molecule has 2 amide bonds. The first-order chi connectivity index (χ1) is 10.1. The lowest BCUT2D eigenvalue weighted by Crippen LogP contribution is -2.35. The molecule has 0 radical (unpaired) electrons. The summed E-state index contributed by atoms with van der Waals surface area (Å²) in [5.74, 6) is 0.161. The average Bonchev–Trinajstić information content (AvgIpc) is 2.50. The summed E-state index contributed by atoms with van der Waals surface area (Å²) >= 11 is 0. The summed E-state index contributed by atoms with van der Waals surface area (Å²) in [4.78, 5) is 25.3. The zero-order chi connectivity index (χ0) is 15.2. The summed E-state index contributed by atoms with van der Waals surface area (Å²) in [5.41, 5.74) is 1.76. The van der Waals surface area contributed by atoms with Crippen molar-refractivity contribution in [2.24, 2.45) is 5.92 Å². The number of piperidine rings is 1. The van der Waals surface area contributed by atoms with Crippen LogP contribution in [0.1, 0.15) is 25.3 Å². The van der Waals surface area contributed by atoms with Gasteiger partial charge in [-0.15, -0.1) is 0 Å². The third-order valence-electron chi connectivity index (χ3n) is 3.93. The molecule has 1 saturated heterocycles. The van der Waals surface area contributed by atoms with Crippen molar-refractivity contribution in [1.29, 1.82) is 0 Å². The Balaban J connectivity index is 2.05. The van der Waals surface area contributed by atoms with Gasteiger partial charge in [-0.05, 0) is 37.6 Å². The van der Waals surface area contributed by atoms with Gasteiger partial charge in [0.05, 0.1) is 0 Å². The Morgan fingerprint density at radius 3 is 2.62 bits per heavy atom. The highest BCUT2D eigenvalue weighted by Crippen LogP contribution is 2.20. The van der Waals surface area contributed by atoms with E-state index in [-0.39, 0.29) is 17.7 Å². The van der Waals surface area contributed by atoms with E-state index in [1.807, 2.05) is 24.3 Å². The number of anilines is 1. The Labute approximate surface area is 125 Å². The van der Waals surface area contributed by atoms with Crippen LogP contribution in [-0.4, -0.2) is 36.9 Å². The number of benzene rings is 1. The molecule has 0 spiro atoms. The van der Waals surface area contributed by atoms with Crippen LogP contribution in [0, 0.1) is 5.92 Å². The summed E-state index contributed by atoms with van der Waals surface area (Å²) in [6.07, 6.45) is 1.75. The number of hydrogen-bond donors (Lipinski definition) is 2. The van der Waals surface area contributed by atoms with Crippen LogP contribution in [0.25, 0.3) is 0 Å². The minimum Gasteiger partial charge on any atom is -0.342 e. The van der Waals surface area contributed by atoms with Gasteiger partial charge in [-0.3, -0.25) is 9.59 Å². The maximum atomic E-state index is 12.3. The van der Waals surface area contributed by atoms with Crippen molar-refractivity contribution in [1.82, 2.24) is 10.2 Å². The SMILES string of the molecule is CC(=O)N(C)Cc1ccccc1NC(=O)C1CCNCC1. The highest BCUT2D eigenvalue weighted by molar-refractivity contribution is 5.93. The molecular formula is C16H23N3O2. The van der Waals surface area contributed by atoms with E-state index in [0.717, 1.165) is 37.2 Å². The zero-order valence-corrected chi connectivity index (χ0v) is 12.7. The Hall–Kier alpha value is -1.88. The first-order valence-corrected chi connectivity index (χ1v) is 7.39. The number of amides is 2. The van der Waals surface area contributed by atoms with E-state index in [1.165, 1.54) is 6.92 Å². The number of carbonyl (C=O) groups is 2. The van der Waals surface area contributed by atoms with Crippen molar-refractivity contribution < 1.29 is 9.59 Å². The van der Waals surface area contributed by atoms with E-state index in [1.54, 1.807) is 11.9 Å². The van der Waals surface area contributed by atoms with Gasteiger partial charge in [-0.1, -0.05) is 18.2 Å². The van der Waals surface area contributed by atoms with Gasteiger partial charge in [0.25, 0.3) is 0 Å². The maximum Gasteiger partial charge on any atom is 0.227 e. The van der Waals surface area contributed by atoms with Crippen LogP contribution >= 0.6 is 0 Å². The Morgan fingerprint density at radius 2 is 1.95 bits per heavy atom. The van der Waals surface area contributed by atoms with Crippen molar-refractivity contribution in [2.75, 3.05) is 25.5 Å². The third-order valence-corrected chi connectivity index (χ3v) is 3.93. The Morgan fingerprint density at radius 1 is 1.29 bits per heavy atom. The number of para-hydroxylation sites is 1. The molecule has 1 aromatic carbocycles. The monoisotopic (exact) mass is 289 g/mol. The molecule has 5 heteroatoms. The number of nitrogens with one attached hydrogen (secondary N) is 2. The summed E-state index contributed by atoms with van der Waals surface area (Å²) < 4.78 is 0. The van der Waals surface area contributed by atoms with Gasteiger partial charge in [0.15, 0.2) is 0 Å². The standard InChI is InChI=1S/C16H23N3O2/c1-12(20)19(2)11-14-5-3-4-6-15(14)18-16(21)13-7-9-17-10-8-13/h3-6,13,17H,7-11H2,1-2H3,(H,18,21). The predicted octanol–water partition coefficient (Wildman–Crippen LogP) is 1.60. The molecule has 2 rings (SSSR count). The topological polar surface area (TPSA) is 61.4 Å². The van der Waals surface area contributed by atoms with Crippen molar-refractivity contribution in [3.63, 3.8) is 0 Å². The highest BCUT2D eigenvalue weighted by Gasteiger charge is 2.21. The first kappa shape index (κ1) is 15.5. The Kier molecular flexibility index (Phi) is 5.33. The molecule has 114 valence electrons. The largest absolute Gasteiger partial charge is 0.342 e. The second-order valence-corrected chi connectivity index (χ2v) is 5.55. The van der Waals surface area contributed by atoms with E-state index in [9.17, 15) is 9.59 Å². The molecule has 1 aliphatic heterocycles. The van der Waals surface area contributed by atoms with Crippen molar-refractivity contribution in [3.8, 4) is 0 Å². The van der Waals surface area contributed by atoms with Gasteiger partial charge < -0.3 is 15.5 Å². The average molecular weight is 289 g/mol. The molecule has 0 atom stereocenters. The van der Waals surface area contributed by atoms with Gasteiger partial charge in [0, 0.05) is 32.1 Å². The second-order valence-electron chi connectivity index (χ2n) is 5.55. The first-order valence-electron chi connectivity index (χ1n) is 7.39. The molecule has 1 heterocycles. The number of hydrogen-bond acceptors (Lipinski definition) is 3. The van der Waals surface area contributed by atoms with Gasteiger partial charge in [-0.25, -0.2) is 0 Å². The van der Waals surface area contributed by atoms with Gasteiger partial charge in [0.1, 0.15) is 0 Å². The fraction of sp³-hybridized carbons (Fsp3) is 0.500. The molecule has 0 aromatic heterocycles. The van der Waals surface area contributed by atoms with Crippen LogP contribution < -0.4 is 10.6 Å². The minimum absolute atomic E-state index is 0.00878. The fourth-order valence-corrected chi connectivity index (χ4v) is 2.47. The number of rotatable bonds is 4. The van der Waals surface area contributed by atoms with E-state index in [2.05, 4.69) is 10.6 Å². The lowest BCUT2D eigenvalue weighted by molar-refractivity contribution is -0.128. The summed E-state index contributed by atoms with van der Waals surface area (Å²) in [6.45, 7) is 3.83. The van der Waals surface area contributed by atoms with Crippen LogP contribution in [0.15, 0.2) is 24.3 Å². The van der Waals surface area contributed by atoms with E-state index >= 15 is 0 Å². The molecule has 2 N–H and O–H groups in total. The van der Waals surface area contributed by atoms with Crippen molar-refractivity contribution in [3.05, 3.63) is 29.8 Å². The molecule has 0 bridgehead atoms. The number of carbonyl (C=O) groups excluding carboxylic acids is 2. The smallest absolute Gasteiger partial charge is 0.227 e. The van der Waals surface area contributed by atoms with Crippen LogP contribution in [0.2, 0.25) is 0 Å². The second kappa shape index (κ2) is 7.22. The molecule has 21 heavy (non-hydrogen) atoms. The van der Waals surface area contributed by atoms with E-state index in [4.69, 9.17) is 0 Å². The molecule has 5 nitrogen and oxygen atoms in total. The van der Waals surface area contributed by atoms with Crippen molar-refractivity contribution in [2.45, 2.75) is 26.3 Å². The van der Waals surface area contributed by atoms with Crippen LogP contribution in [-0.2, 0) is 16.1 Å². The predicted molar refractivity (Wildman–Crippen MR) is 82.8 cm³/mol. The summed E-state index contributed by atoms with van der Waals surface area (Å²) in [5, 5.41) is 6.28. The third kappa shape index (κ3) is 4.29. The minimum atomic E-state index is 0.00878. The van der Waals surface area contributed by atoms with Crippen LogP contribution in [0.4, 0.5) is 5.69 Å². The lowest BCUT2D eigenvalue weighted by Gasteiger charge is -2.23. The van der Waals surface area contributed by atoms with Crippen LogP contribution in [0.3, 0.4) is 0 Å². The highest BCUT2D eigenvalue weighted by atomic mass is 16.2. The molecule has 1 aliphatic rings. The number of nitrogens with zero attached hydrogens (tertiary/aromatic N) is 1. The molecule has 1 fully saturated rings. The maximum absolute atomic E-state index is 12.3. The molecular weight excluding hydrogens is 266 g/mol. The molecule has 0 unspecified atom stereocenters. The van der Waals surface area contributed by atoms with Gasteiger partial charge >= 0.3 is 0 Å². The van der Waals surface area contributed by atoms with Crippen LogP contribution in [0.5, 0.6) is 0 Å². The normalized spacial score (nSPS) is 15.5. The molecule has 0 saturated carbocycles. The zero-order valence-electron chi connectivity index (χ0n) is 12.7. The quantitative estimate of drug-likeness (QED) is 0.885. The summed E-state index contributed by atoms with van der Waals surface area (Å²) in [6, 6.07) is 7.65. The van der Waals surface area contributed by atoms with Crippen molar-refractivity contribution >= 4 is 17.5 Å². The Bertz CT molecular complexity index is 510. The van der Waals surface area contributed by atoms with E-state index < -0.39 is 0 Å². The van der Waals surface area contributed by atoms with Gasteiger partial charge in [0.2, 0.25) is 11.8 Å². The molecule has 0 aliphatic carbocycles. The lowest BCUT2D eigenvalue weighted by atomic mass is 9.97. The van der Waals surface area contributed by atoms with Gasteiger partial charge in [-0.2, -0.15) is 0 Å². The summed E-state index contributed by atoms with van der Waals surface area (Å²) in [7, 11) is 1.76.